The van der Waals surface area contributed by atoms with Crippen molar-refractivity contribution in [3.05, 3.63) is 48.3 Å². The first-order valence-electron chi connectivity index (χ1n) is 8.87. The van der Waals surface area contributed by atoms with Crippen molar-refractivity contribution in [1.82, 2.24) is 19.5 Å². The van der Waals surface area contributed by atoms with Crippen LogP contribution in [-0.2, 0) is 11.2 Å². The van der Waals surface area contributed by atoms with Crippen LogP contribution < -0.4 is 5.32 Å². The van der Waals surface area contributed by atoms with E-state index in [-0.39, 0.29) is 5.82 Å². The Bertz CT molecular complexity index is 951. The molecule has 1 aliphatic heterocycles. The lowest BCUT2D eigenvalue weighted by Gasteiger charge is -2.16. The van der Waals surface area contributed by atoms with Crippen molar-refractivity contribution in [3.63, 3.8) is 0 Å². The third-order valence-electron chi connectivity index (χ3n) is 4.77. The Balaban J connectivity index is 1.51. The number of aliphatic hydroxyl groups excluding tert-OH is 3. The number of rotatable bonds is 6. The van der Waals surface area contributed by atoms with Gasteiger partial charge in [-0.1, -0.05) is 12.1 Å². The van der Waals surface area contributed by atoms with Gasteiger partial charge in [-0.3, -0.25) is 4.57 Å². The van der Waals surface area contributed by atoms with Gasteiger partial charge in [0.25, 0.3) is 0 Å². The number of hydrogen-bond acceptors (Lipinski definition) is 8. The van der Waals surface area contributed by atoms with Crippen LogP contribution in [0.4, 0.5) is 10.2 Å². The van der Waals surface area contributed by atoms with E-state index in [9.17, 15) is 19.7 Å². The first-order valence-corrected chi connectivity index (χ1v) is 8.87. The zero-order chi connectivity index (χ0) is 19.7. The summed E-state index contributed by atoms with van der Waals surface area (Å²) in [5.74, 6) is 0.238. The molecule has 4 rings (SSSR count). The second-order valence-corrected chi connectivity index (χ2v) is 6.58. The van der Waals surface area contributed by atoms with Crippen molar-refractivity contribution < 1.29 is 24.4 Å². The summed E-state index contributed by atoms with van der Waals surface area (Å²) < 4.78 is 20.0. The highest BCUT2D eigenvalue weighted by Gasteiger charge is 2.44. The minimum atomic E-state index is -1.22. The lowest BCUT2D eigenvalue weighted by atomic mass is 10.1. The Labute approximate surface area is 159 Å². The third-order valence-corrected chi connectivity index (χ3v) is 4.77. The van der Waals surface area contributed by atoms with Gasteiger partial charge in [0.05, 0.1) is 12.9 Å². The van der Waals surface area contributed by atoms with Gasteiger partial charge in [-0.05, 0) is 24.1 Å². The number of halogens is 1. The summed E-state index contributed by atoms with van der Waals surface area (Å²) in [6.45, 7) is 0.144. The quantitative estimate of drug-likeness (QED) is 0.472. The van der Waals surface area contributed by atoms with Gasteiger partial charge in [-0.25, -0.2) is 19.3 Å². The topological polar surface area (TPSA) is 126 Å². The van der Waals surface area contributed by atoms with Crippen LogP contribution in [0.5, 0.6) is 0 Å². The number of imidazole rings is 1. The van der Waals surface area contributed by atoms with E-state index < -0.39 is 31.1 Å². The van der Waals surface area contributed by atoms with E-state index in [0.717, 1.165) is 5.56 Å². The van der Waals surface area contributed by atoms with E-state index in [1.165, 1.54) is 29.4 Å². The monoisotopic (exact) mass is 389 g/mol. The highest BCUT2D eigenvalue weighted by Crippen LogP contribution is 2.32. The maximum atomic E-state index is 13.0. The molecule has 28 heavy (non-hydrogen) atoms. The maximum absolute atomic E-state index is 13.0. The van der Waals surface area contributed by atoms with E-state index in [1.54, 1.807) is 12.1 Å². The largest absolute Gasteiger partial charge is 0.394 e. The molecule has 0 spiro atoms. The second-order valence-electron chi connectivity index (χ2n) is 6.58. The van der Waals surface area contributed by atoms with Gasteiger partial charge in [-0.15, -0.1) is 0 Å². The molecule has 1 fully saturated rings. The fraction of sp³-hybridized carbons (Fsp3) is 0.389. The molecule has 148 valence electrons. The fourth-order valence-electron chi connectivity index (χ4n) is 3.25. The van der Waals surface area contributed by atoms with E-state index >= 15 is 0 Å². The van der Waals surface area contributed by atoms with E-state index in [4.69, 9.17) is 4.74 Å². The van der Waals surface area contributed by atoms with Crippen LogP contribution in [0.25, 0.3) is 11.2 Å². The molecule has 0 radical (unpaired) electrons. The van der Waals surface area contributed by atoms with Crippen molar-refractivity contribution >= 4 is 17.0 Å². The molecular formula is C18H20FN5O4. The van der Waals surface area contributed by atoms with Crippen LogP contribution >= 0.6 is 0 Å². The highest BCUT2D eigenvalue weighted by atomic mass is 19.1. The molecule has 0 bridgehead atoms. The lowest BCUT2D eigenvalue weighted by molar-refractivity contribution is -0.0511. The van der Waals surface area contributed by atoms with E-state index in [1.807, 2.05) is 0 Å². The molecule has 9 nitrogen and oxygen atoms in total. The van der Waals surface area contributed by atoms with Crippen LogP contribution in [0.1, 0.15) is 11.8 Å². The molecule has 10 heteroatoms. The minimum absolute atomic E-state index is 0.273. The van der Waals surface area contributed by atoms with Crippen molar-refractivity contribution in [2.75, 3.05) is 18.5 Å². The summed E-state index contributed by atoms with van der Waals surface area (Å²) in [6, 6.07) is 6.29. The summed E-state index contributed by atoms with van der Waals surface area (Å²) in [7, 11) is 0. The standard InChI is InChI=1S/C18H20FN5O4/c19-11-3-1-10(2-4-11)5-6-20-16-13-17(22-8-21-16)24(9-23-13)18-15(27)14(26)12(7-25)28-18/h1-4,8-9,12,14-15,18,25-27H,5-7H2,(H,20,21,22)/t12-,14-,15-,18-/m1/s1. The average Bonchev–Trinajstić information content (AvgIpc) is 3.25. The van der Waals surface area contributed by atoms with Crippen molar-refractivity contribution in [3.8, 4) is 0 Å². The molecular weight excluding hydrogens is 369 g/mol. The molecule has 0 aliphatic carbocycles. The predicted molar refractivity (Wildman–Crippen MR) is 96.9 cm³/mol. The van der Waals surface area contributed by atoms with Crippen LogP contribution in [-0.4, -0.2) is 66.3 Å². The van der Waals surface area contributed by atoms with Crippen LogP contribution in [0.3, 0.4) is 0 Å². The van der Waals surface area contributed by atoms with Gasteiger partial charge >= 0.3 is 0 Å². The van der Waals surface area contributed by atoms with Gasteiger partial charge in [0.2, 0.25) is 0 Å². The summed E-state index contributed by atoms with van der Waals surface area (Å²) in [6.07, 6.45) is -0.748. The number of nitrogens with zero attached hydrogens (tertiary/aromatic N) is 4. The summed E-state index contributed by atoms with van der Waals surface area (Å²) >= 11 is 0. The van der Waals surface area contributed by atoms with Crippen molar-refractivity contribution in [1.29, 1.82) is 0 Å². The summed E-state index contributed by atoms with van der Waals surface area (Å²) in [4.78, 5) is 12.7. The molecule has 0 saturated carbocycles. The molecule has 3 heterocycles. The number of aromatic nitrogens is 4. The van der Waals surface area contributed by atoms with Crippen molar-refractivity contribution in [2.45, 2.75) is 31.0 Å². The Morgan fingerprint density at radius 3 is 2.61 bits per heavy atom. The molecule has 3 aromatic rings. The van der Waals surface area contributed by atoms with Crippen LogP contribution in [0.2, 0.25) is 0 Å². The van der Waals surface area contributed by atoms with Crippen molar-refractivity contribution in [2.24, 2.45) is 0 Å². The molecule has 0 unspecified atom stereocenters. The summed E-state index contributed by atoms with van der Waals surface area (Å²) in [5.41, 5.74) is 1.89. The van der Waals surface area contributed by atoms with Crippen LogP contribution in [0, 0.1) is 5.82 Å². The molecule has 1 aliphatic rings. The zero-order valence-corrected chi connectivity index (χ0v) is 14.8. The number of nitrogens with one attached hydrogen (secondary N) is 1. The normalized spacial score (nSPS) is 24.7. The first-order chi connectivity index (χ1) is 13.6. The first kappa shape index (κ1) is 18.7. The van der Waals surface area contributed by atoms with Crippen LogP contribution in [0.15, 0.2) is 36.9 Å². The number of anilines is 1. The SMILES string of the molecule is OC[C@H]1O[C@@H](n2cnc3c(NCCc4ccc(F)cc4)ncnc32)[C@H](O)[C@@H]1O. The van der Waals surface area contributed by atoms with Gasteiger partial charge in [0.1, 0.15) is 30.5 Å². The number of fused-ring (bicyclic) bond motifs is 1. The van der Waals surface area contributed by atoms with E-state index in [2.05, 4.69) is 20.3 Å². The predicted octanol–water partition coefficient (Wildman–Crippen LogP) is 0.231. The van der Waals surface area contributed by atoms with E-state index in [0.29, 0.717) is 29.9 Å². The summed E-state index contributed by atoms with van der Waals surface area (Å²) in [5, 5.41) is 32.6. The van der Waals surface area contributed by atoms with Gasteiger partial charge in [-0.2, -0.15) is 0 Å². The van der Waals surface area contributed by atoms with Gasteiger partial charge in [0, 0.05) is 6.54 Å². The number of benzene rings is 1. The number of aliphatic hydroxyl groups is 3. The molecule has 4 N–H and O–H groups in total. The number of hydrogen-bond donors (Lipinski definition) is 4. The highest BCUT2D eigenvalue weighted by molar-refractivity contribution is 5.82. The Hall–Kier alpha value is -2.66. The van der Waals surface area contributed by atoms with Gasteiger partial charge in [0.15, 0.2) is 23.2 Å². The molecule has 1 aromatic carbocycles. The Kier molecular flexibility index (Phi) is 5.18. The molecule has 2 aromatic heterocycles. The fourth-order valence-corrected chi connectivity index (χ4v) is 3.25. The Morgan fingerprint density at radius 1 is 1.11 bits per heavy atom. The average molecular weight is 389 g/mol. The zero-order valence-electron chi connectivity index (χ0n) is 14.8. The minimum Gasteiger partial charge on any atom is -0.394 e. The number of ether oxygens (including phenoxy) is 1. The maximum Gasteiger partial charge on any atom is 0.167 e. The second kappa shape index (κ2) is 7.76. The molecule has 1 saturated heterocycles. The molecule has 4 atom stereocenters. The Morgan fingerprint density at radius 2 is 1.89 bits per heavy atom. The van der Waals surface area contributed by atoms with Gasteiger partial charge < -0.3 is 25.4 Å². The molecule has 0 amide bonds. The smallest absolute Gasteiger partial charge is 0.167 e. The third kappa shape index (κ3) is 3.42. The lowest BCUT2D eigenvalue weighted by Crippen LogP contribution is -2.33.